The topological polar surface area (TPSA) is 61.8 Å². The number of nitrogens with zero attached hydrogens (tertiary/aromatic N) is 2. The lowest BCUT2D eigenvalue weighted by Crippen LogP contribution is -1.82. The minimum absolute atomic E-state index is 0. The van der Waals surface area contributed by atoms with E-state index in [-0.39, 0.29) is 30.6 Å². The fourth-order valence-electron chi connectivity index (χ4n) is 1.82. The third-order valence-electron chi connectivity index (χ3n) is 2.74. The predicted molar refractivity (Wildman–Crippen MR) is 87.3 cm³/mol. The third-order valence-corrected chi connectivity index (χ3v) is 3.47. The first-order valence-corrected chi connectivity index (χ1v) is 6.67. The molecule has 7 heteroatoms. The van der Waals surface area contributed by atoms with Gasteiger partial charge in [-0.2, -0.15) is 0 Å². The molecule has 106 valence electrons. The van der Waals surface area contributed by atoms with Crippen molar-refractivity contribution in [1.82, 2.24) is 15.0 Å². The predicted octanol–water partition coefficient (Wildman–Crippen LogP) is 3.90. The summed E-state index contributed by atoms with van der Waals surface area (Å²) in [6.07, 6.45) is 5.39. The van der Waals surface area contributed by atoms with Crippen molar-refractivity contribution in [2.45, 2.75) is 4.90 Å². The van der Waals surface area contributed by atoms with Crippen LogP contribution in [0.1, 0.15) is 0 Å². The monoisotopic (exact) mass is 329 g/mol. The lowest BCUT2D eigenvalue weighted by Gasteiger charge is -2.03. The van der Waals surface area contributed by atoms with Crippen LogP contribution in [0.25, 0.3) is 22.4 Å². The molecular formula is C13H13Cl2N3OS. The van der Waals surface area contributed by atoms with Crippen molar-refractivity contribution in [3.63, 3.8) is 0 Å². The van der Waals surface area contributed by atoms with Gasteiger partial charge in [0, 0.05) is 11.1 Å². The van der Waals surface area contributed by atoms with Crippen LogP contribution in [0.5, 0.6) is 5.75 Å². The van der Waals surface area contributed by atoms with Crippen LogP contribution in [0.2, 0.25) is 0 Å². The molecule has 2 N–H and O–H groups in total. The molecule has 0 fully saturated rings. The Morgan fingerprint density at radius 3 is 2.65 bits per heavy atom. The van der Waals surface area contributed by atoms with Gasteiger partial charge in [0.25, 0.3) is 0 Å². The number of halogens is 2. The number of fused-ring (bicyclic) bond motifs is 1. The van der Waals surface area contributed by atoms with Gasteiger partial charge in [-0.1, -0.05) is 0 Å². The van der Waals surface area contributed by atoms with Crippen LogP contribution in [-0.4, -0.2) is 26.3 Å². The Kier molecular flexibility index (Phi) is 5.68. The number of hydrogen-bond acceptors (Lipinski definition) is 4. The second-order valence-electron chi connectivity index (χ2n) is 3.86. The van der Waals surface area contributed by atoms with Crippen LogP contribution in [-0.2, 0) is 0 Å². The number of imidazole rings is 1. The first kappa shape index (κ1) is 16.6. The molecule has 0 saturated carbocycles. The average molecular weight is 330 g/mol. The zero-order valence-electron chi connectivity index (χ0n) is 10.5. The molecule has 0 atom stereocenters. The van der Waals surface area contributed by atoms with Crippen molar-refractivity contribution in [2.75, 3.05) is 6.26 Å². The Balaban J connectivity index is 0.000001000. The second kappa shape index (κ2) is 6.83. The zero-order valence-corrected chi connectivity index (χ0v) is 13.0. The van der Waals surface area contributed by atoms with Crippen molar-refractivity contribution in [3.8, 4) is 17.1 Å². The van der Waals surface area contributed by atoms with E-state index in [1.54, 1.807) is 30.2 Å². The summed E-state index contributed by atoms with van der Waals surface area (Å²) in [7, 11) is 0. The van der Waals surface area contributed by atoms with E-state index in [1.165, 1.54) is 0 Å². The highest BCUT2D eigenvalue weighted by Gasteiger charge is 2.09. The Labute approximate surface area is 132 Å². The van der Waals surface area contributed by atoms with E-state index in [4.69, 9.17) is 0 Å². The van der Waals surface area contributed by atoms with E-state index in [1.807, 2.05) is 24.5 Å². The maximum Gasteiger partial charge on any atom is 0.142 e. The number of pyridine rings is 1. The Morgan fingerprint density at radius 2 is 2.00 bits per heavy atom. The van der Waals surface area contributed by atoms with Crippen LogP contribution in [0, 0.1) is 0 Å². The van der Waals surface area contributed by atoms with Crippen molar-refractivity contribution >= 4 is 47.6 Å². The molecule has 0 saturated heterocycles. The molecule has 0 amide bonds. The number of nitrogens with one attached hydrogen (secondary N) is 1. The van der Waals surface area contributed by atoms with Gasteiger partial charge in [0.2, 0.25) is 0 Å². The van der Waals surface area contributed by atoms with Crippen LogP contribution in [0.3, 0.4) is 0 Å². The van der Waals surface area contributed by atoms with Gasteiger partial charge >= 0.3 is 0 Å². The number of aromatic nitrogens is 3. The summed E-state index contributed by atoms with van der Waals surface area (Å²) in [4.78, 5) is 12.6. The molecule has 1 aromatic carbocycles. The molecule has 0 aliphatic heterocycles. The molecule has 0 radical (unpaired) electrons. The zero-order chi connectivity index (χ0) is 12.5. The van der Waals surface area contributed by atoms with Gasteiger partial charge in [0.15, 0.2) is 0 Å². The van der Waals surface area contributed by atoms with Gasteiger partial charge in [0.05, 0.1) is 22.8 Å². The van der Waals surface area contributed by atoms with Crippen LogP contribution >= 0.6 is 36.6 Å². The van der Waals surface area contributed by atoms with Crippen LogP contribution < -0.4 is 0 Å². The smallest absolute Gasteiger partial charge is 0.142 e. The van der Waals surface area contributed by atoms with Crippen molar-refractivity contribution in [1.29, 1.82) is 0 Å². The van der Waals surface area contributed by atoms with Gasteiger partial charge in [-0.25, -0.2) is 4.98 Å². The highest BCUT2D eigenvalue weighted by Crippen LogP contribution is 2.31. The number of H-pyrrole nitrogens is 1. The molecule has 0 bridgehead atoms. The maximum atomic E-state index is 10.0. The molecule has 3 rings (SSSR count). The fraction of sp³-hybridized carbons (Fsp3) is 0.0769. The van der Waals surface area contributed by atoms with Gasteiger partial charge in [0.1, 0.15) is 11.6 Å². The van der Waals surface area contributed by atoms with Crippen LogP contribution in [0.4, 0.5) is 0 Å². The number of benzene rings is 1. The molecule has 20 heavy (non-hydrogen) atoms. The number of hydrogen-bond donors (Lipinski definition) is 2. The molecule has 3 aromatic rings. The number of phenolic OH excluding ortho intramolecular Hbond substituents is 1. The van der Waals surface area contributed by atoms with E-state index in [2.05, 4.69) is 15.0 Å². The first-order valence-electron chi connectivity index (χ1n) is 5.45. The van der Waals surface area contributed by atoms with E-state index in [0.717, 1.165) is 15.9 Å². The summed E-state index contributed by atoms with van der Waals surface area (Å²) in [6, 6.07) is 7.41. The standard InChI is InChI=1S/C13H11N3OS.2ClH/c1-18-8-2-3-9(12(17)6-8)13-15-10-4-5-14-7-11(10)16-13;;/h2-7,17H,1H3,(H,15,16);2*1H. The van der Waals surface area contributed by atoms with E-state index in [9.17, 15) is 5.11 Å². The fourth-order valence-corrected chi connectivity index (χ4v) is 2.26. The van der Waals surface area contributed by atoms with Crippen molar-refractivity contribution in [3.05, 3.63) is 36.7 Å². The SMILES string of the molecule is CSc1ccc(-c2nc3ccncc3[nH]2)c(O)c1.Cl.Cl. The largest absolute Gasteiger partial charge is 0.507 e. The van der Waals surface area contributed by atoms with Gasteiger partial charge in [-0.05, 0) is 30.5 Å². The van der Waals surface area contributed by atoms with Crippen molar-refractivity contribution < 1.29 is 5.11 Å². The molecule has 0 aliphatic carbocycles. The minimum Gasteiger partial charge on any atom is -0.507 e. The highest BCUT2D eigenvalue weighted by molar-refractivity contribution is 7.98. The lowest BCUT2D eigenvalue weighted by molar-refractivity contribution is 0.475. The van der Waals surface area contributed by atoms with Crippen LogP contribution in [0.15, 0.2) is 41.6 Å². The summed E-state index contributed by atoms with van der Waals surface area (Å²) in [5, 5.41) is 10.0. The summed E-state index contributed by atoms with van der Waals surface area (Å²) in [5.41, 5.74) is 2.40. The Hall–Kier alpha value is -1.43. The summed E-state index contributed by atoms with van der Waals surface area (Å²) >= 11 is 1.59. The van der Waals surface area contributed by atoms with E-state index in [0.29, 0.717) is 11.4 Å². The highest BCUT2D eigenvalue weighted by atomic mass is 35.5. The average Bonchev–Trinajstić information content (AvgIpc) is 2.81. The Bertz CT molecular complexity index is 685. The van der Waals surface area contributed by atoms with E-state index < -0.39 is 0 Å². The molecule has 0 spiro atoms. The molecule has 0 unspecified atom stereocenters. The van der Waals surface area contributed by atoms with Gasteiger partial charge < -0.3 is 10.1 Å². The number of aromatic amines is 1. The van der Waals surface area contributed by atoms with E-state index >= 15 is 0 Å². The number of aromatic hydroxyl groups is 1. The second-order valence-corrected chi connectivity index (χ2v) is 4.74. The van der Waals surface area contributed by atoms with Gasteiger partial charge in [-0.3, -0.25) is 4.98 Å². The lowest BCUT2D eigenvalue weighted by atomic mass is 10.2. The molecule has 0 aliphatic rings. The number of rotatable bonds is 2. The normalized spacial score (nSPS) is 9.85. The summed E-state index contributed by atoms with van der Waals surface area (Å²) in [6.45, 7) is 0. The molecular weight excluding hydrogens is 317 g/mol. The quantitative estimate of drug-likeness (QED) is 0.700. The third kappa shape index (κ3) is 3.00. The number of phenols is 1. The van der Waals surface area contributed by atoms with Crippen molar-refractivity contribution in [2.24, 2.45) is 0 Å². The number of thioether (sulfide) groups is 1. The molecule has 2 aromatic heterocycles. The maximum absolute atomic E-state index is 10.0. The first-order chi connectivity index (χ1) is 8.78. The van der Waals surface area contributed by atoms with Gasteiger partial charge in [-0.15, -0.1) is 36.6 Å². The minimum atomic E-state index is 0. The molecule has 4 nitrogen and oxygen atoms in total. The molecule has 2 heterocycles. The Morgan fingerprint density at radius 1 is 1.20 bits per heavy atom. The summed E-state index contributed by atoms with van der Waals surface area (Å²) in [5.74, 6) is 0.886. The summed E-state index contributed by atoms with van der Waals surface area (Å²) < 4.78 is 0.